The largest absolute Gasteiger partial charge is 0.481 e. The highest BCUT2D eigenvalue weighted by Gasteiger charge is 2.12. The summed E-state index contributed by atoms with van der Waals surface area (Å²) in [5, 5.41) is 0.545. The molecule has 0 aliphatic heterocycles. The van der Waals surface area contributed by atoms with Crippen molar-refractivity contribution in [1.29, 1.82) is 0 Å². The van der Waals surface area contributed by atoms with Crippen LogP contribution in [0.2, 0.25) is 5.02 Å². The molecular formula is C13H10BrClN2O2. The minimum Gasteiger partial charge on any atom is -0.481 e. The Balaban J connectivity index is 2.20. The summed E-state index contributed by atoms with van der Waals surface area (Å²) in [7, 11) is 1.49. The number of ether oxygens (including phenoxy) is 1. The van der Waals surface area contributed by atoms with E-state index < -0.39 is 0 Å². The number of aromatic nitrogens is 2. The summed E-state index contributed by atoms with van der Waals surface area (Å²) < 4.78 is 5.83. The number of carbonyl (C=O) groups is 1. The van der Waals surface area contributed by atoms with E-state index in [-0.39, 0.29) is 12.2 Å². The summed E-state index contributed by atoms with van der Waals surface area (Å²) in [6.45, 7) is 0. The van der Waals surface area contributed by atoms with Gasteiger partial charge in [0.05, 0.1) is 7.11 Å². The van der Waals surface area contributed by atoms with E-state index in [0.717, 1.165) is 10.0 Å². The zero-order valence-corrected chi connectivity index (χ0v) is 12.4. The van der Waals surface area contributed by atoms with E-state index in [2.05, 4.69) is 25.9 Å². The second-order valence-electron chi connectivity index (χ2n) is 3.78. The molecule has 0 saturated carbocycles. The van der Waals surface area contributed by atoms with Crippen LogP contribution in [0.4, 0.5) is 0 Å². The lowest BCUT2D eigenvalue weighted by atomic mass is 10.1. The SMILES string of the molecule is COc1cc(C(=O)Cc2ccc(Br)cc2Cl)ncn1. The van der Waals surface area contributed by atoms with Crippen LogP contribution >= 0.6 is 27.5 Å². The highest BCUT2D eigenvalue weighted by atomic mass is 79.9. The zero-order valence-electron chi connectivity index (χ0n) is 10.1. The van der Waals surface area contributed by atoms with Gasteiger partial charge in [0.15, 0.2) is 5.78 Å². The van der Waals surface area contributed by atoms with Gasteiger partial charge in [0, 0.05) is 22.0 Å². The molecule has 0 aliphatic carbocycles. The fourth-order valence-electron chi connectivity index (χ4n) is 1.53. The Hall–Kier alpha value is -1.46. The highest BCUT2D eigenvalue weighted by molar-refractivity contribution is 9.10. The number of hydrogen-bond acceptors (Lipinski definition) is 4. The number of halogens is 2. The molecule has 0 bridgehead atoms. The molecule has 0 aliphatic rings. The van der Waals surface area contributed by atoms with Gasteiger partial charge in [-0.25, -0.2) is 9.97 Å². The van der Waals surface area contributed by atoms with Gasteiger partial charge in [-0.15, -0.1) is 0 Å². The molecule has 19 heavy (non-hydrogen) atoms. The number of carbonyl (C=O) groups excluding carboxylic acids is 1. The first-order valence-electron chi connectivity index (χ1n) is 5.43. The van der Waals surface area contributed by atoms with Crippen LogP contribution in [-0.2, 0) is 6.42 Å². The van der Waals surface area contributed by atoms with Gasteiger partial charge in [0.2, 0.25) is 5.88 Å². The summed E-state index contributed by atoms with van der Waals surface area (Å²) in [5.74, 6) is 0.227. The molecule has 1 heterocycles. The molecule has 0 unspecified atom stereocenters. The average Bonchev–Trinajstić information content (AvgIpc) is 2.42. The highest BCUT2D eigenvalue weighted by Crippen LogP contribution is 2.22. The Kier molecular flexibility index (Phi) is 4.50. The number of Topliss-reactive ketones (excluding diaryl/α,β-unsaturated/α-hetero) is 1. The third-order valence-corrected chi connectivity index (χ3v) is 3.35. The lowest BCUT2D eigenvalue weighted by Crippen LogP contribution is -2.07. The summed E-state index contributed by atoms with van der Waals surface area (Å²) in [5.41, 5.74) is 1.07. The third kappa shape index (κ3) is 3.52. The van der Waals surface area contributed by atoms with Gasteiger partial charge < -0.3 is 4.74 Å². The van der Waals surface area contributed by atoms with Crippen LogP contribution in [-0.4, -0.2) is 22.9 Å². The van der Waals surface area contributed by atoms with E-state index in [9.17, 15) is 4.79 Å². The van der Waals surface area contributed by atoms with Crippen LogP contribution in [0.15, 0.2) is 35.1 Å². The Morgan fingerprint density at radius 1 is 1.37 bits per heavy atom. The van der Waals surface area contributed by atoms with Gasteiger partial charge >= 0.3 is 0 Å². The molecule has 6 heteroatoms. The van der Waals surface area contributed by atoms with E-state index in [1.807, 2.05) is 12.1 Å². The quantitative estimate of drug-likeness (QED) is 0.801. The Morgan fingerprint density at radius 3 is 2.84 bits per heavy atom. The first-order chi connectivity index (χ1) is 9.10. The van der Waals surface area contributed by atoms with E-state index >= 15 is 0 Å². The molecule has 0 amide bonds. The smallest absolute Gasteiger partial charge is 0.216 e. The second-order valence-corrected chi connectivity index (χ2v) is 5.10. The molecular weight excluding hydrogens is 332 g/mol. The molecule has 4 nitrogen and oxygen atoms in total. The number of benzene rings is 1. The van der Waals surface area contributed by atoms with E-state index in [0.29, 0.717) is 16.6 Å². The lowest BCUT2D eigenvalue weighted by Gasteiger charge is -2.05. The molecule has 0 N–H and O–H groups in total. The summed E-state index contributed by atoms with van der Waals surface area (Å²) in [4.78, 5) is 19.9. The Bertz CT molecular complexity index is 619. The van der Waals surface area contributed by atoms with Gasteiger partial charge in [-0.05, 0) is 17.7 Å². The van der Waals surface area contributed by atoms with Crippen molar-refractivity contribution >= 4 is 33.3 Å². The van der Waals surface area contributed by atoms with Gasteiger partial charge in [0.1, 0.15) is 12.0 Å². The van der Waals surface area contributed by atoms with Crippen LogP contribution in [0.1, 0.15) is 16.1 Å². The number of methoxy groups -OCH3 is 1. The molecule has 0 atom stereocenters. The molecule has 1 aromatic carbocycles. The maximum absolute atomic E-state index is 12.1. The molecule has 0 fully saturated rings. The van der Waals surface area contributed by atoms with Crippen LogP contribution in [0.25, 0.3) is 0 Å². The maximum atomic E-state index is 12.1. The van der Waals surface area contributed by atoms with E-state index in [1.165, 1.54) is 19.5 Å². The first kappa shape index (κ1) is 14.0. The third-order valence-electron chi connectivity index (χ3n) is 2.50. The van der Waals surface area contributed by atoms with Crippen molar-refractivity contribution in [3.8, 4) is 5.88 Å². The van der Waals surface area contributed by atoms with E-state index in [4.69, 9.17) is 16.3 Å². The Labute approximate surface area is 123 Å². The average molecular weight is 342 g/mol. The monoisotopic (exact) mass is 340 g/mol. The number of ketones is 1. The van der Waals surface area contributed by atoms with Crippen molar-refractivity contribution in [3.63, 3.8) is 0 Å². The van der Waals surface area contributed by atoms with Crippen molar-refractivity contribution < 1.29 is 9.53 Å². The van der Waals surface area contributed by atoms with Crippen molar-refractivity contribution in [3.05, 3.63) is 51.3 Å². The molecule has 0 saturated heterocycles. The van der Waals surface area contributed by atoms with Crippen LogP contribution in [0.3, 0.4) is 0 Å². The zero-order chi connectivity index (χ0) is 13.8. The molecule has 0 spiro atoms. The standard InChI is InChI=1S/C13H10BrClN2O2/c1-19-13-6-11(16-7-17-13)12(18)4-8-2-3-9(14)5-10(8)15/h2-3,5-7H,4H2,1H3. The Morgan fingerprint density at radius 2 is 2.16 bits per heavy atom. The number of nitrogens with zero attached hydrogens (tertiary/aromatic N) is 2. The van der Waals surface area contributed by atoms with Gasteiger partial charge in [-0.1, -0.05) is 33.6 Å². The van der Waals surface area contributed by atoms with Gasteiger partial charge in [-0.2, -0.15) is 0 Å². The van der Waals surface area contributed by atoms with Crippen LogP contribution in [0, 0.1) is 0 Å². The number of rotatable bonds is 4. The topological polar surface area (TPSA) is 52.1 Å². The maximum Gasteiger partial charge on any atom is 0.216 e. The molecule has 2 rings (SSSR count). The minimum absolute atomic E-state index is 0.134. The molecule has 0 radical (unpaired) electrons. The van der Waals surface area contributed by atoms with Crippen molar-refractivity contribution in [1.82, 2.24) is 9.97 Å². The summed E-state index contributed by atoms with van der Waals surface area (Å²) in [6.07, 6.45) is 1.49. The van der Waals surface area contributed by atoms with Crippen LogP contribution in [0.5, 0.6) is 5.88 Å². The van der Waals surface area contributed by atoms with E-state index in [1.54, 1.807) is 6.07 Å². The van der Waals surface area contributed by atoms with Gasteiger partial charge in [0.25, 0.3) is 0 Å². The number of hydrogen-bond donors (Lipinski definition) is 0. The predicted molar refractivity (Wildman–Crippen MR) is 75.8 cm³/mol. The normalized spacial score (nSPS) is 10.3. The summed E-state index contributed by atoms with van der Waals surface area (Å²) in [6, 6.07) is 6.91. The summed E-state index contributed by atoms with van der Waals surface area (Å²) >= 11 is 9.40. The van der Waals surface area contributed by atoms with Gasteiger partial charge in [-0.3, -0.25) is 4.79 Å². The second kappa shape index (κ2) is 6.12. The fourth-order valence-corrected chi connectivity index (χ4v) is 2.27. The molecule has 2 aromatic rings. The van der Waals surface area contributed by atoms with Crippen molar-refractivity contribution in [2.24, 2.45) is 0 Å². The minimum atomic E-state index is -0.134. The lowest BCUT2D eigenvalue weighted by molar-refractivity contribution is 0.0987. The van der Waals surface area contributed by atoms with Crippen molar-refractivity contribution in [2.75, 3.05) is 7.11 Å². The van der Waals surface area contributed by atoms with Crippen LogP contribution < -0.4 is 4.74 Å². The molecule has 1 aromatic heterocycles. The predicted octanol–water partition coefficient (Wildman–Crippen LogP) is 3.33. The first-order valence-corrected chi connectivity index (χ1v) is 6.60. The fraction of sp³-hybridized carbons (Fsp3) is 0.154. The van der Waals surface area contributed by atoms with Crippen molar-refractivity contribution in [2.45, 2.75) is 6.42 Å². The molecule has 98 valence electrons.